The molecule has 1 aromatic carbocycles. The van der Waals surface area contributed by atoms with E-state index in [2.05, 4.69) is 20.6 Å². The third-order valence-corrected chi connectivity index (χ3v) is 3.01. The molecule has 2 rings (SSSR count). The summed E-state index contributed by atoms with van der Waals surface area (Å²) in [6.07, 6.45) is 3.13. The molecular formula is C15H15F3N4O2. The Morgan fingerprint density at radius 3 is 2.54 bits per heavy atom. The number of halogens is 3. The number of hydrogen-bond donors (Lipinski definition) is 2. The first-order valence-electron chi connectivity index (χ1n) is 7.02. The van der Waals surface area contributed by atoms with E-state index in [0.717, 1.165) is 12.1 Å². The van der Waals surface area contributed by atoms with E-state index in [1.807, 2.05) is 0 Å². The highest BCUT2D eigenvalue weighted by Crippen LogP contribution is 2.21. The Labute approximate surface area is 136 Å². The molecule has 0 unspecified atom stereocenters. The topological polar surface area (TPSA) is 76.1 Å². The number of nitrogens with zero attached hydrogens (tertiary/aromatic N) is 2. The second-order valence-electron chi connectivity index (χ2n) is 4.75. The van der Waals surface area contributed by atoms with Crippen molar-refractivity contribution in [3.8, 4) is 0 Å². The van der Waals surface area contributed by atoms with Crippen LogP contribution in [0.4, 0.5) is 24.8 Å². The molecule has 0 aliphatic rings. The van der Waals surface area contributed by atoms with Gasteiger partial charge in [-0.05, 0) is 18.6 Å². The molecular weight excluding hydrogens is 325 g/mol. The van der Waals surface area contributed by atoms with Crippen LogP contribution in [-0.4, -0.2) is 36.1 Å². The maximum atomic E-state index is 13.6. The van der Waals surface area contributed by atoms with Gasteiger partial charge < -0.3 is 15.4 Å². The number of anilines is 2. The molecule has 1 aromatic heterocycles. The Balaban J connectivity index is 1.99. The van der Waals surface area contributed by atoms with Crippen molar-refractivity contribution < 1.29 is 22.7 Å². The van der Waals surface area contributed by atoms with Gasteiger partial charge in [0.05, 0.1) is 11.3 Å². The van der Waals surface area contributed by atoms with Crippen LogP contribution in [0.15, 0.2) is 24.5 Å². The molecule has 0 atom stereocenters. The van der Waals surface area contributed by atoms with Crippen molar-refractivity contribution >= 4 is 17.5 Å². The first kappa shape index (κ1) is 17.7. The SMILES string of the molecule is COCCCNC(=O)c1cnc(Nc2ccc(F)c(F)c2F)nc1. The molecule has 0 saturated heterocycles. The number of carbonyl (C=O) groups is 1. The summed E-state index contributed by atoms with van der Waals surface area (Å²) in [4.78, 5) is 19.5. The Morgan fingerprint density at radius 1 is 1.17 bits per heavy atom. The van der Waals surface area contributed by atoms with Crippen LogP contribution >= 0.6 is 0 Å². The summed E-state index contributed by atoms with van der Waals surface area (Å²) >= 11 is 0. The number of ether oxygens (including phenoxy) is 1. The third-order valence-electron chi connectivity index (χ3n) is 3.01. The third kappa shape index (κ3) is 4.42. The number of nitrogens with one attached hydrogen (secondary N) is 2. The van der Waals surface area contributed by atoms with Gasteiger partial charge in [0.1, 0.15) is 0 Å². The summed E-state index contributed by atoms with van der Waals surface area (Å²) in [6.45, 7) is 0.964. The number of benzene rings is 1. The molecule has 0 saturated carbocycles. The monoisotopic (exact) mass is 340 g/mol. The number of hydrogen-bond acceptors (Lipinski definition) is 5. The molecule has 0 radical (unpaired) electrons. The predicted octanol–water partition coefficient (Wildman–Crippen LogP) is 2.40. The Morgan fingerprint density at radius 2 is 1.88 bits per heavy atom. The number of rotatable bonds is 7. The first-order valence-corrected chi connectivity index (χ1v) is 7.02. The maximum Gasteiger partial charge on any atom is 0.254 e. The molecule has 0 aliphatic carbocycles. The van der Waals surface area contributed by atoms with Gasteiger partial charge in [-0.3, -0.25) is 4.79 Å². The maximum absolute atomic E-state index is 13.6. The summed E-state index contributed by atoms with van der Waals surface area (Å²) < 4.78 is 44.4. The predicted molar refractivity (Wildman–Crippen MR) is 80.5 cm³/mol. The van der Waals surface area contributed by atoms with E-state index in [9.17, 15) is 18.0 Å². The summed E-state index contributed by atoms with van der Waals surface area (Å²) in [5.74, 6) is -4.68. The zero-order valence-corrected chi connectivity index (χ0v) is 12.8. The van der Waals surface area contributed by atoms with Crippen LogP contribution in [0.25, 0.3) is 0 Å². The van der Waals surface area contributed by atoms with Crippen molar-refractivity contribution in [2.24, 2.45) is 0 Å². The molecule has 0 spiro atoms. The lowest BCUT2D eigenvalue weighted by molar-refractivity contribution is 0.0948. The number of aromatic nitrogens is 2. The highest BCUT2D eigenvalue weighted by atomic mass is 19.2. The summed E-state index contributed by atoms with van der Waals surface area (Å²) in [5, 5.41) is 5.07. The highest BCUT2D eigenvalue weighted by Gasteiger charge is 2.14. The summed E-state index contributed by atoms with van der Waals surface area (Å²) in [5.41, 5.74) is -0.102. The summed E-state index contributed by atoms with van der Waals surface area (Å²) in [6, 6.07) is 1.80. The van der Waals surface area contributed by atoms with Gasteiger partial charge in [0, 0.05) is 32.7 Å². The van der Waals surface area contributed by atoms with Gasteiger partial charge >= 0.3 is 0 Å². The van der Waals surface area contributed by atoms with Crippen LogP contribution in [0.1, 0.15) is 16.8 Å². The minimum absolute atomic E-state index is 0.0594. The minimum Gasteiger partial charge on any atom is -0.385 e. The van der Waals surface area contributed by atoms with Gasteiger partial charge in [0.2, 0.25) is 5.95 Å². The fraction of sp³-hybridized carbons (Fsp3) is 0.267. The second-order valence-corrected chi connectivity index (χ2v) is 4.75. The molecule has 9 heteroatoms. The lowest BCUT2D eigenvalue weighted by Crippen LogP contribution is -2.25. The van der Waals surface area contributed by atoms with Crippen molar-refractivity contribution in [1.29, 1.82) is 0 Å². The highest BCUT2D eigenvalue weighted by molar-refractivity contribution is 5.93. The van der Waals surface area contributed by atoms with E-state index in [-0.39, 0.29) is 23.1 Å². The van der Waals surface area contributed by atoms with E-state index in [0.29, 0.717) is 19.6 Å². The molecule has 2 aromatic rings. The van der Waals surface area contributed by atoms with Gasteiger partial charge in [0.25, 0.3) is 5.91 Å². The number of amides is 1. The molecule has 128 valence electrons. The Hall–Kier alpha value is -2.68. The van der Waals surface area contributed by atoms with Crippen LogP contribution in [0.2, 0.25) is 0 Å². The van der Waals surface area contributed by atoms with E-state index in [4.69, 9.17) is 4.74 Å². The van der Waals surface area contributed by atoms with Crippen molar-refractivity contribution in [2.45, 2.75) is 6.42 Å². The van der Waals surface area contributed by atoms with Gasteiger partial charge in [0.15, 0.2) is 17.5 Å². The van der Waals surface area contributed by atoms with Gasteiger partial charge in [-0.1, -0.05) is 0 Å². The lowest BCUT2D eigenvalue weighted by atomic mass is 10.3. The summed E-state index contributed by atoms with van der Waals surface area (Å²) in [7, 11) is 1.57. The first-order chi connectivity index (χ1) is 11.5. The van der Waals surface area contributed by atoms with E-state index in [1.165, 1.54) is 12.4 Å². The van der Waals surface area contributed by atoms with Crippen LogP contribution in [0, 0.1) is 17.5 Å². The minimum atomic E-state index is -1.59. The normalized spacial score (nSPS) is 10.5. The fourth-order valence-corrected chi connectivity index (χ4v) is 1.77. The van der Waals surface area contributed by atoms with E-state index < -0.39 is 17.5 Å². The average molecular weight is 340 g/mol. The lowest BCUT2D eigenvalue weighted by Gasteiger charge is -2.08. The van der Waals surface area contributed by atoms with Gasteiger partial charge in [-0.25, -0.2) is 23.1 Å². The van der Waals surface area contributed by atoms with Crippen molar-refractivity contribution in [3.05, 3.63) is 47.5 Å². The smallest absolute Gasteiger partial charge is 0.254 e. The zero-order chi connectivity index (χ0) is 17.5. The Bertz CT molecular complexity index is 711. The van der Waals surface area contributed by atoms with Crippen LogP contribution < -0.4 is 10.6 Å². The van der Waals surface area contributed by atoms with Crippen LogP contribution in [0.3, 0.4) is 0 Å². The Kier molecular flexibility index (Phi) is 6.07. The zero-order valence-electron chi connectivity index (χ0n) is 12.8. The molecule has 0 aliphatic heterocycles. The molecule has 1 amide bonds. The van der Waals surface area contributed by atoms with Crippen LogP contribution in [0.5, 0.6) is 0 Å². The van der Waals surface area contributed by atoms with Crippen molar-refractivity contribution in [3.63, 3.8) is 0 Å². The fourth-order valence-electron chi connectivity index (χ4n) is 1.77. The molecule has 1 heterocycles. The van der Waals surface area contributed by atoms with Gasteiger partial charge in [-0.2, -0.15) is 0 Å². The largest absolute Gasteiger partial charge is 0.385 e. The van der Waals surface area contributed by atoms with Crippen molar-refractivity contribution in [2.75, 3.05) is 25.6 Å². The number of carbonyl (C=O) groups excluding carboxylic acids is 1. The molecule has 0 bridgehead atoms. The number of methoxy groups -OCH3 is 1. The molecule has 0 fully saturated rings. The molecule has 6 nitrogen and oxygen atoms in total. The van der Waals surface area contributed by atoms with Crippen LogP contribution in [-0.2, 0) is 4.74 Å². The quantitative estimate of drug-likeness (QED) is 0.598. The van der Waals surface area contributed by atoms with E-state index >= 15 is 0 Å². The van der Waals surface area contributed by atoms with E-state index in [1.54, 1.807) is 7.11 Å². The molecule has 24 heavy (non-hydrogen) atoms. The average Bonchev–Trinajstić information content (AvgIpc) is 2.59. The standard InChI is InChI=1S/C15H15F3N4O2/c1-24-6-2-5-19-14(23)9-7-20-15(21-8-9)22-11-4-3-10(16)12(17)13(11)18/h3-4,7-8H,2,5-6H2,1H3,(H,19,23)(H,20,21,22). The van der Waals surface area contributed by atoms with Gasteiger partial charge in [-0.15, -0.1) is 0 Å². The van der Waals surface area contributed by atoms with Crippen molar-refractivity contribution in [1.82, 2.24) is 15.3 Å². The molecule has 2 N–H and O–H groups in total. The second kappa shape index (κ2) is 8.25.